The van der Waals surface area contributed by atoms with Gasteiger partial charge in [-0.2, -0.15) is 0 Å². The smallest absolute Gasteiger partial charge is 0.224 e. The van der Waals surface area contributed by atoms with Gasteiger partial charge < -0.3 is 10.6 Å². The minimum absolute atomic E-state index is 0. The molecule has 1 aromatic carbocycles. The van der Waals surface area contributed by atoms with E-state index in [0.717, 1.165) is 19.5 Å². The number of anilines is 1. The lowest BCUT2D eigenvalue weighted by Gasteiger charge is -2.09. The van der Waals surface area contributed by atoms with Gasteiger partial charge in [0, 0.05) is 12.1 Å². The predicted octanol–water partition coefficient (Wildman–Crippen LogP) is 2.49. The Hall–Kier alpha value is -1.13. The molecule has 0 aliphatic carbocycles. The first-order valence-corrected chi connectivity index (χ1v) is 5.92. The molecular formula is C13H18ClFN2O. The van der Waals surface area contributed by atoms with Crippen LogP contribution in [0.25, 0.3) is 0 Å². The molecule has 1 heterocycles. The number of hydrogen-bond acceptors (Lipinski definition) is 2. The van der Waals surface area contributed by atoms with Crippen molar-refractivity contribution in [3.05, 3.63) is 29.6 Å². The van der Waals surface area contributed by atoms with Crippen molar-refractivity contribution in [2.45, 2.75) is 19.8 Å². The summed E-state index contributed by atoms with van der Waals surface area (Å²) >= 11 is 0. The average molecular weight is 273 g/mol. The van der Waals surface area contributed by atoms with E-state index >= 15 is 0 Å². The van der Waals surface area contributed by atoms with Crippen molar-refractivity contribution in [3.8, 4) is 0 Å². The van der Waals surface area contributed by atoms with Crippen LogP contribution in [0.1, 0.15) is 18.4 Å². The van der Waals surface area contributed by atoms with E-state index in [-0.39, 0.29) is 24.1 Å². The number of benzene rings is 1. The van der Waals surface area contributed by atoms with Gasteiger partial charge in [-0.3, -0.25) is 4.79 Å². The largest absolute Gasteiger partial charge is 0.326 e. The molecule has 1 amide bonds. The molecule has 1 saturated heterocycles. The maximum absolute atomic E-state index is 13.0. The quantitative estimate of drug-likeness (QED) is 0.888. The molecule has 1 aromatic rings. The first-order chi connectivity index (χ1) is 8.15. The van der Waals surface area contributed by atoms with Gasteiger partial charge in [-0.25, -0.2) is 4.39 Å². The van der Waals surface area contributed by atoms with Crippen molar-refractivity contribution >= 4 is 24.0 Å². The van der Waals surface area contributed by atoms with Gasteiger partial charge >= 0.3 is 0 Å². The van der Waals surface area contributed by atoms with Crippen LogP contribution >= 0.6 is 12.4 Å². The number of carbonyl (C=O) groups excluding carboxylic acids is 1. The van der Waals surface area contributed by atoms with Crippen LogP contribution in [0.5, 0.6) is 0 Å². The summed E-state index contributed by atoms with van der Waals surface area (Å²) in [6.45, 7) is 3.59. The molecule has 1 fully saturated rings. The van der Waals surface area contributed by atoms with Crippen LogP contribution in [0, 0.1) is 18.7 Å². The highest BCUT2D eigenvalue weighted by Crippen LogP contribution is 2.16. The number of amides is 1. The lowest BCUT2D eigenvalue weighted by Crippen LogP contribution is -2.18. The van der Waals surface area contributed by atoms with Gasteiger partial charge in [0.2, 0.25) is 5.91 Å². The monoisotopic (exact) mass is 272 g/mol. The van der Waals surface area contributed by atoms with Crippen LogP contribution in [0.3, 0.4) is 0 Å². The fourth-order valence-corrected chi connectivity index (χ4v) is 2.09. The Morgan fingerprint density at radius 2 is 2.33 bits per heavy atom. The van der Waals surface area contributed by atoms with E-state index in [1.165, 1.54) is 6.07 Å². The zero-order valence-corrected chi connectivity index (χ0v) is 11.1. The maximum atomic E-state index is 13.0. The molecule has 2 N–H and O–H groups in total. The Morgan fingerprint density at radius 3 is 2.94 bits per heavy atom. The molecule has 0 spiro atoms. The van der Waals surface area contributed by atoms with E-state index in [9.17, 15) is 9.18 Å². The third kappa shape index (κ3) is 3.96. The Kier molecular flexibility index (Phi) is 5.56. The number of carbonyl (C=O) groups is 1. The fraction of sp³-hybridized carbons (Fsp3) is 0.462. The summed E-state index contributed by atoms with van der Waals surface area (Å²) in [4.78, 5) is 11.7. The van der Waals surface area contributed by atoms with Crippen molar-refractivity contribution in [1.82, 2.24) is 5.32 Å². The highest BCUT2D eigenvalue weighted by atomic mass is 35.5. The Labute approximate surface area is 113 Å². The summed E-state index contributed by atoms with van der Waals surface area (Å²) in [5.41, 5.74) is 1.21. The van der Waals surface area contributed by atoms with Crippen molar-refractivity contribution in [2.75, 3.05) is 18.4 Å². The van der Waals surface area contributed by atoms with Crippen LogP contribution in [-0.4, -0.2) is 19.0 Å². The third-order valence-electron chi connectivity index (χ3n) is 3.08. The zero-order chi connectivity index (χ0) is 12.3. The lowest BCUT2D eigenvalue weighted by molar-refractivity contribution is -0.116. The van der Waals surface area contributed by atoms with Crippen molar-refractivity contribution in [1.29, 1.82) is 0 Å². The third-order valence-corrected chi connectivity index (χ3v) is 3.08. The van der Waals surface area contributed by atoms with Crippen LogP contribution in [0.4, 0.5) is 10.1 Å². The Balaban J connectivity index is 0.00000162. The van der Waals surface area contributed by atoms with E-state index in [1.807, 2.05) is 0 Å². The van der Waals surface area contributed by atoms with E-state index in [2.05, 4.69) is 10.6 Å². The lowest BCUT2D eigenvalue weighted by atomic mass is 10.0. The van der Waals surface area contributed by atoms with Gasteiger partial charge in [0.15, 0.2) is 0 Å². The Morgan fingerprint density at radius 1 is 1.56 bits per heavy atom. The number of hydrogen-bond donors (Lipinski definition) is 2. The molecule has 1 atom stereocenters. The molecule has 1 aliphatic rings. The normalized spacial score (nSPS) is 18.2. The summed E-state index contributed by atoms with van der Waals surface area (Å²) in [7, 11) is 0. The number of halogens is 2. The van der Waals surface area contributed by atoms with E-state index in [1.54, 1.807) is 19.1 Å². The van der Waals surface area contributed by atoms with Crippen molar-refractivity contribution in [3.63, 3.8) is 0 Å². The van der Waals surface area contributed by atoms with E-state index in [4.69, 9.17) is 0 Å². The summed E-state index contributed by atoms with van der Waals surface area (Å²) in [5, 5.41) is 6.03. The van der Waals surface area contributed by atoms with Crippen molar-refractivity contribution in [2.24, 2.45) is 5.92 Å². The SMILES string of the molecule is Cc1cc(NC(=O)CC2CCNC2)ccc1F.Cl. The summed E-state index contributed by atoms with van der Waals surface area (Å²) < 4.78 is 13.0. The molecule has 18 heavy (non-hydrogen) atoms. The summed E-state index contributed by atoms with van der Waals surface area (Å²) in [6.07, 6.45) is 1.58. The summed E-state index contributed by atoms with van der Waals surface area (Å²) in [5.74, 6) is 0.184. The first-order valence-electron chi connectivity index (χ1n) is 5.92. The van der Waals surface area contributed by atoms with Gasteiger partial charge in [-0.15, -0.1) is 12.4 Å². The second-order valence-corrected chi connectivity index (χ2v) is 4.58. The summed E-state index contributed by atoms with van der Waals surface area (Å²) in [6, 6.07) is 4.62. The molecule has 3 nitrogen and oxygen atoms in total. The molecular weight excluding hydrogens is 255 g/mol. The minimum Gasteiger partial charge on any atom is -0.326 e. The Bertz CT molecular complexity index is 419. The van der Waals surface area contributed by atoms with Crippen LogP contribution in [-0.2, 0) is 4.79 Å². The van der Waals surface area contributed by atoms with E-state index < -0.39 is 0 Å². The number of aryl methyl sites for hydroxylation is 1. The average Bonchev–Trinajstić information content (AvgIpc) is 2.76. The first kappa shape index (κ1) is 14.9. The zero-order valence-electron chi connectivity index (χ0n) is 10.3. The molecule has 0 aromatic heterocycles. The molecule has 2 rings (SSSR count). The van der Waals surface area contributed by atoms with Crippen LogP contribution in [0.15, 0.2) is 18.2 Å². The molecule has 5 heteroatoms. The van der Waals surface area contributed by atoms with Gasteiger partial charge in [-0.05, 0) is 56.1 Å². The highest BCUT2D eigenvalue weighted by molar-refractivity contribution is 5.90. The standard InChI is InChI=1S/C13H17FN2O.ClH/c1-9-6-11(2-3-12(9)14)16-13(17)7-10-4-5-15-8-10;/h2-3,6,10,15H,4-5,7-8H2,1H3,(H,16,17);1H. The van der Waals surface area contributed by atoms with Crippen LogP contribution < -0.4 is 10.6 Å². The molecule has 1 unspecified atom stereocenters. The van der Waals surface area contributed by atoms with Crippen molar-refractivity contribution < 1.29 is 9.18 Å². The highest BCUT2D eigenvalue weighted by Gasteiger charge is 2.18. The fourth-order valence-electron chi connectivity index (χ4n) is 2.09. The molecule has 0 radical (unpaired) electrons. The minimum atomic E-state index is -0.247. The maximum Gasteiger partial charge on any atom is 0.224 e. The number of rotatable bonds is 3. The van der Waals surface area contributed by atoms with Gasteiger partial charge in [-0.1, -0.05) is 0 Å². The second kappa shape index (κ2) is 6.71. The topological polar surface area (TPSA) is 41.1 Å². The predicted molar refractivity (Wildman–Crippen MR) is 72.6 cm³/mol. The van der Waals surface area contributed by atoms with Gasteiger partial charge in [0.25, 0.3) is 0 Å². The van der Waals surface area contributed by atoms with Gasteiger partial charge in [0.05, 0.1) is 0 Å². The number of nitrogens with one attached hydrogen (secondary N) is 2. The molecule has 100 valence electrons. The molecule has 0 saturated carbocycles. The van der Waals surface area contributed by atoms with Gasteiger partial charge in [0.1, 0.15) is 5.82 Å². The molecule has 0 bridgehead atoms. The van der Waals surface area contributed by atoms with E-state index in [0.29, 0.717) is 23.6 Å². The molecule has 1 aliphatic heterocycles. The second-order valence-electron chi connectivity index (χ2n) is 4.58. The van der Waals surface area contributed by atoms with Crippen LogP contribution in [0.2, 0.25) is 0 Å².